The van der Waals surface area contributed by atoms with Crippen LogP contribution in [0.1, 0.15) is 42.3 Å². The Bertz CT molecular complexity index is 618. The molecule has 0 heterocycles. The number of rotatable bonds is 4. The van der Waals surface area contributed by atoms with Crippen molar-refractivity contribution in [3.8, 4) is 0 Å². The lowest BCUT2D eigenvalue weighted by Gasteiger charge is -2.19. The largest absolute Gasteiger partial charge is 0.292 e. The Balaban J connectivity index is 1.94. The molecule has 3 nitrogen and oxygen atoms in total. The molecular formula is C18H20ClNO2. The molecule has 0 spiro atoms. The highest BCUT2D eigenvalue weighted by atomic mass is 35.5. The molecule has 2 aromatic rings. The van der Waals surface area contributed by atoms with Gasteiger partial charge in [0, 0.05) is 17.3 Å². The molecule has 0 atom stereocenters. The molecule has 0 aromatic heterocycles. The third-order valence-corrected chi connectivity index (χ3v) is 3.60. The number of hydrogen-bond donors (Lipinski definition) is 0. The summed E-state index contributed by atoms with van der Waals surface area (Å²) in [4.78, 5) is 17.3. The Morgan fingerprint density at radius 2 is 1.64 bits per heavy atom. The van der Waals surface area contributed by atoms with Crippen LogP contribution >= 0.6 is 11.8 Å². The summed E-state index contributed by atoms with van der Waals surface area (Å²) < 4.78 is 0.757. The molecule has 2 aromatic carbocycles. The van der Waals surface area contributed by atoms with Crippen LogP contribution in [0.25, 0.3) is 0 Å². The number of carbonyl (C=O) groups is 1. The van der Waals surface area contributed by atoms with Crippen molar-refractivity contribution in [2.45, 2.75) is 32.8 Å². The Morgan fingerprint density at radius 1 is 1.05 bits per heavy atom. The molecule has 0 aliphatic carbocycles. The molecule has 0 saturated carbocycles. The van der Waals surface area contributed by atoms with Gasteiger partial charge in [0.25, 0.3) is 5.91 Å². The summed E-state index contributed by atoms with van der Waals surface area (Å²) in [6.07, 6.45) is 0. The second-order valence-corrected chi connectivity index (χ2v) is 6.44. The van der Waals surface area contributed by atoms with E-state index in [1.165, 1.54) is 5.56 Å². The average Bonchev–Trinajstić information content (AvgIpc) is 2.52. The highest BCUT2D eigenvalue weighted by Gasteiger charge is 2.15. The lowest BCUT2D eigenvalue weighted by Crippen LogP contribution is -2.21. The molecule has 0 fully saturated rings. The van der Waals surface area contributed by atoms with E-state index in [1.54, 1.807) is 24.3 Å². The van der Waals surface area contributed by atoms with Crippen LogP contribution in [0.3, 0.4) is 0 Å². The Kier molecular flexibility index (Phi) is 5.22. The van der Waals surface area contributed by atoms with Crippen molar-refractivity contribution in [1.82, 2.24) is 4.58 Å². The lowest BCUT2D eigenvalue weighted by molar-refractivity contribution is -0.0691. The van der Waals surface area contributed by atoms with Crippen LogP contribution in [-0.4, -0.2) is 10.5 Å². The molecule has 116 valence electrons. The quantitative estimate of drug-likeness (QED) is 0.603. The predicted octanol–water partition coefficient (Wildman–Crippen LogP) is 4.71. The van der Waals surface area contributed by atoms with Crippen molar-refractivity contribution in [2.24, 2.45) is 0 Å². The highest BCUT2D eigenvalue weighted by molar-refractivity contribution is 6.23. The first-order chi connectivity index (χ1) is 10.4. The zero-order chi connectivity index (χ0) is 16.2. The first-order valence-corrected chi connectivity index (χ1v) is 7.49. The van der Waals surface area contributed by atoms with E-state index in [1.807, 2.05) is 18.2 Å². The summed E-state index contributed by atoms with van der Waals surface area (Å²) >= 11 is 5.88. The number of benzene rings is 2. The second-order valence-electron chi connectivity index (χ2n) is 6.14. The third-order valence-electron chi connectivity index (χ3n) is 3.34. The van der Waals surface area contributed by atoms with Gasteiger partial charge in [-0.25, -0.2) is 0 Å². The summed E-state index contributed by atoms with van der Waals surface area (Å²) in [6.45, 7) is 6.74. The summed E-state index contributed by atoms with van der Waals surface area (Å²) in [5.41, 5.74) is 2.81. The number of hydrogen-bond acceptors (Lipinski definition) is 2. The van der Waals surface area contributed by atoms with Crippen molar-refractivity contribution in [3.05, 3.63) is 71.3 Å². The van der Waals surface area contributed by atoms with E-state index in [0.29, 0.717) is 5.56 Å². The molecule has 4 heteroatoms. The minimum atomic E-state index is -0.381. The minimum Gasteiger partial charge on any atom is -0.265 e. The van der Waals surface area contributed by atoms with E-state index in [9.17, 15) is 4.79 Å². The number of hydroxylamine groups is 1. The van der Waals surface area contributed by atoms with Gasteiger partial charge in [-0.3, -0.25) is 9.63 Å². The smallest absolute Gasteiger partial charge is 0.265 e. The van der Waals surface area contributed by atoms with Gasteiger partial charge in [0.05, 0.1) is 0 Å². The van der Waals surface area contributed by atoms with Crippen LogP contribution in [0.5, 0.6) is 0 Å². The van der Waals surface area contributed by atoms with Crippen LogP contribution in [0, 0.1) is 0 Å². The van der Waals surface area contributed by atoms with Crippen LogP contribution in [0.4, 0.5) is 0 Å². The molecular weight excluding hydrogens is 298 g/mol. The van der Waals surface area contributed by atoms with Crippen LogP contribution in [-0.2, 0) is 16.9 Å². The molecule has 2 rings (SSSR count). The molecule has 0 unspecified atom stereocenters. The van der Waals surface area contributed by atoms with Gasteiger partial charge in [-0.15, -0.1) is 4.58 Å². The molecule has 22 heavy (non-hydrogen) atoms. The van der Waals surface area contributed by atoms with Gasteiger partial charge in [-0.05, 0) is 28.7 Å². The third kappa shape index (κ3) is 4.33. The molecule has 0 bridgehead atoms. The fraction of sp³-hybridized carbons (Fsp3) is 0.278. The first kappa shape index (κ1) is 16.5. The average molecular weight is 318 g/mol. The van der Waals surface area contributed by atoms with Crippen molar-refractivity contribution >= 4 is 17.7 Å². The van der Waals surface area contributed by atoms with E-state index < -0.39 is 0 Å². The fourth-order valence-electron chi connectivity index (χ4n) is 1.97. The van der Waals surface area contributed by atoms with Crippen molar-refractivity contribution < 1.29 is 9.63 Å². The van der Waals surface area contributed by atoms with E-state index in [-0.39, 0.29) is 17.9 Å². The van der Waals surface area contributed by atoms with Gasteiger partial charge in [0.1, 0.15) is 6.61 Å². The van der Waals surface area contributed by atoms with E-state index >= 15 is 0 Å². The SMILES string of the molecule is CC(C)(C)c1ccc(CON(Cl)C(=O)c2ccccc2)cc1. The van der Waals surface area contributed by atoms with E-state index in [0.717, 1.165) is 10.1 Å². The van der Waals surface area contributed by atoms with Gasteiger partial charge in [0.15, 0.2) is 0 Å². The molecule has 0 saturated heterocycles. The predicted molar refractivity (Wildman–Crippen MR) is 88.4 cm³/mol. The van der Waals surface area contributed by atoms with Crippen molar-refractivity contribution in [2.75, 3.05) is 0 Å². The summed E-state index contributed by atoms with van der Waals surface area (Å²) in [5.74, 6) is -0.381. The summed E-state index contributed by atoms with van der Waals surface area (Å²) in [6, 6.07) is 16.9. The van der Waals surface area contributed by atoms with Gasteiger partial charge < -0.3 is 0 Å². The lowest BCUT2D eigenvalue weighted by atomic mass is 9.87. The minimum absolute atomic E-state index is 0.112. The van der Waals surface area contributed by atoms with Crippen molar-refractivity contribution in [1.29, 1.82) is 0 Å². The molecule has 0 radical (unpaired) electrons. The maximum Gasteiger partial charge on any atom is 0.292 e. The summed E-state index contributed by atoms with van der Waals surface area (Å²) in [5, 5.41) is 0. The molecule has 0 aliphatic rings. The number of amides is 1. The highest BCUT2D eigenvalue weighted by Crippen LogP contribution is 2.22. The topological polar surface area (TPSA) is 29.5 Å². The van der Waals surface area contributed by atoms with E-state index in [4.69, 9.17) is 16.6 Å². The van der Waals surface area contributed by atoms with E-state index in [2.05, 4.69) is 32.9 Å². The molecule has 0 N–H and O–H groups in total. The zero-order valence-corrected chi connectivity index (χ0v) is 13.8. The maximum absolute atomic E-state index is 12.0. The molecule has 1 amide bonds. The normalized spacial score (nSPS) is 11.3. The van der Waals surface area contributed by atoms with Gasteiger partial charge in [0.2, 0.25) is 0 Å². The number of nitrogens with zero attached hydrogens (tertiary/aromatic N) is 1. The van der Waals surface area contributed by atoms with Crippen molar-refractivity contribution in [3.63, 3.8) is 0 Å². The number of halogens is 1. The van der Waals surface area contributed by atoms with Gasteiger partial charge in [-0.1, -0.05) is 63.2 Å². The van der Waals surface area contributed by atoms with Crippen LogP contribution in [0.2, 0.25) is 0 Å². The van der Waals surface area contributed by atoms with Gasteiger partial charge >= 0.3 is 0 Å². The number of carbonyl (C=O) groups excluding carboxylic acids is 1. The fourth-order valence-corrected chi connectivity index (χ4v) is 2.12. The van der Waals surface area contributed by atoms with Crippen LogP contribution in [0.15, 0.2) is 54.6 Å². The zero-order valence-electron chi connectivity index (χ0n) is 13.0. The monoisotopic (exact) mass is 317 g/mol. The summed E-state index contributed by atoms with van der Waals surface area (Å²) in [7, 11) is 0. The van der Waals surface area contributed by atoms with Gasteiger partial charge in [-0.2, -0.15) is 0 Å². The second kappa shape index (κ2) is 6.95. The molecule has 0 aliphatic heterocycles. The van der Waals surface area contributed by atoms with Crippen LogP contribution < -0.4 is 0 Å². The maximum atomic E-state index is 12.0. The Morgan fingerprint density at radius 3 is 2.18 bits per heavy atom. The Labute approximate surface area is 136 Å². The Hall–Kier alpha value is -1.84. The first-order valence-electron chi connectivity index (χ1n) is 7.15. The standard InChI is InChI=1S/C18H20ClNO2/c1-18(2,3)16-11-9-14(10-12-16)13-22-20(19)17(21)15-7-5-4-6-8-15/h4-12H,13H2,1-3H3.